The van der Waals surface area contributed by atoms with Gasteiger partial charge in [0.25, 0.3) is 0 Å². The number of carbonyl (C=O) groups is 1. The summed E-state index contributed by atoms with van der Waals surface area (Å²) in [6, 6.07) is 15.2. The van der Waals surface area contributed by atoms with Crippen LogP contribution in [0, 0.1) is 5.92 Å². The molecule has 0 atom stereocenters. The van der Waals surface area contributed by atoms with Gasteiger partial charge in [-0.1, -0.05) is 60.1 Å². The first-order valence-electron chi connectivity index (χ1n) is 9.15. The Labute approximate surface area is 157 Å². The fraction of sp³-hybridized carbons (Fsp3) is 0.318. The van der Waals surface area contributed by atoms with E-state index < -0.39 is 0 Å². The van der Waals surface area contributed by atoms with Gasteiger partial charge >= 0.3 is 0 Å². The van der Waals surface area contributed by atoms with Gasteiger partial charge in [0, 0.05) is 31.6 Å². The van der Waals surface area contributed by atoms with Crippen LogP contribution in [-0.2, 0) is 4.79 Å². The molecule has 5 rings (SSSR count). The maximum Gasteiger partial charge on any atom is 0.163 e. The number of rotatable bonds is 2. The quantitative estimate of drug-likeness (QED) is 0.509. The summed E-state index contributed by atoms with van der Waals surface area (Å²) >= 11 is 3.67. The van der Waals surface area contributed by atoms with Crippen molar-refractivity contribution in [3.63, 3.8) is 0 Å². The van der Waals surface area contributed by atoms with Gasteiger partial charge < -0.3 is 0 Å². The van der Waals surface area contributed by atoms with E-state index in [-0.39, 0.29) is 0 Å². The SMILES string of the molecule is O=C1CCC(C2CCCC2)=C1c1ccc2c(c1)Sc1ccccc1S2. The van der Waals surface area contributed by atoms with E-state index in [4.69, 9.17) is 0 Å². The summed E-state index contributed by atoms with van der Waals surface area (Å²) in [5.74, 6) is 1.01. The Morgan fingerprint density at radius 3 is 2.24 bits per heavy atom. The van der Waals surface area contributed by atoms with Gasteiger partial charge in [0.2, 0.25) is 0 Å². The van der Waals surface area contributed by atoms with Crippen LogP contribution in [0.5, 0.6) is 0 Å². The highest BCUT2D eigenvalue weighted by molar-refractivity contribution is 8.05. The Bertz CT molecular complexity index is 891. The van der Waals surface area contributed by atoms with Gasteiger partial charge in [-0.3, -0.25) is 4.79 Å². The molecule has 0 saturated heterocycles. The van der Waals surface area contributed by atoms with E-state index in [1.807, 2.05) is 23.5 Å². The summed E-state index contributed by atoms with van der Waals surface area (Å²) < 4.78 is 0. The number of hydrogen-bond donors (Lipinski definition) is 0. The first-order valence-corrected chi connectivity index (χ1v) is 10.8. The average Bonchev–Trinajstić information content (AvgIpc) is 3.29. The van der Waals surface area contributed by atoms with Gasteiger partial charge in [0.15, 0.2) is 5.78 Å². The van der Waals surface area contributed by atoms with E-state index in [2.05, 4.69) is 42.5 Å². The van der Waals surface area contributed by atoms with Crippen LogP contribution in [0.1, 0.15) is 44.1 Å². The van der Waals surface area contributed by atoms with Crippen molar-refractivity contribution in [2.45, 2.75) is 58.1 Å². The zero-order valence-electron chi connectivity index (χ0n) is 14.1. The highest BCUT2D eigenvalue weighted by atomic mass is 32.2. The van der Waals surface area contributed by atoms with Gasteiger partial charge in [-0.2, -0.15) is 0 Å². The minimum Gasteiger partial charge on any atom is -0.294 e. The second-order valence-corrected chi connectivity index (χ2v) is 9.28. The predicted octanol–water partition coefficient (Wildman–Crippen LogP) is 6.61. The van der Waals surface area contributed by atoms with Crippen molar-refractivity contribution >= 4 is 34.9 Å². The molecule has 1 heterocycles. The van der Waals surface area contributed by atoms with Crippen LogP contribution in [0.2, 0.25) is 0 Å². The lowest BCUT2D eigenvalue weighted by atomic mass is 9.91. The Kier molecular flexibility index (Phi) is 4.02. The highest BCUT2D eigenvalue weighted by Crippen LogP contribution is 2.50. The third-order valence-electron chi connectivity index (χ3n) is 5.59. The lowest BCUT2D eigenvalue weighted by Crippen LogP contribution is -2.02. The number of allylic oxidation sites excluding steroid dienone is 2. The van der Waals surface area contributed by atoms with Crippen LogP contribution >= 0.6 is 23.5 Å². The second-order valence-electron chi connectivity index (χ2n) is 7.12. The Morgan fingerprint density at radius 2 is 1.48 bits per heavy atom. The van der Waals surface area contributed by atoms with E-state index in [9.17, 15) is 4.79 Å². The zero-order valence-corrected chi connectivity index (χ0v) is 15.7. The molecule has 3 heteroatoms. The maximum atomic E-state index is 12.6. The summed E-state index contributed by atoms with van der Waals surface area (Å²) in [5.41, 5.74) is 3.66. The fourth-order valence-electron chi connectivity index (χ4n) is 4.39. The number of fused-ring (bicyclic) bond motifs is 2. The average molecular weight is 365 g/mol. The van der Waals surface area contributed by atoms with Gasteiger partial charge in [0.05, 0.1) is 0 Å². The standard InChI is InChI=1S/C22H20OS2/c23-17-11-10-16(14-5-1-2-6-14)22(17)15-9-12-20-21(13-15)25-19-8-4-3-7-18(19)24-20/h3-4,7-9,12-14H,1-2,5-6,10-11H2. The van der Waals surface area contributed by atoms with Gasteiger partial charge in [0.1, 0.15) is 0 Å². The number of hydrogen-bond acceptors (Lipinski definition) is 3. The predicted molar refractivity (Wildman–Crippen MR) is 104 cm³/mol. The normalized spacial score (nSPS) is 20.1. The molecule has 2 aromatic carbocycles. The molecule has 0 aromatic heterocycles. The molecule has 0 N–H and O–H groups in total. The van der Waals surface area contributed by atoms with E-state index in [1.54, 1.807) is 0 Å². The Hall–Kier alpha value is -1.45. The summed E-state index contributed by atoms with van der Waals surface area (Å²) in [5, 5.41) is 0. The molecule has 1 nitrogen and oxygen atoms in total. The molecule has 1 fully saturated rings. The fourth-order valence-corrected chi connectivity index (χ4v) is 6.64. The highest BCUT2D eigenvalue weighted by Gasteiger charge is 2.31. The largest absolute Gasteiger partial charge is 0.294 e. The van der Waals surface area contributed by atoms with Crippen LogP contribution < -0.4 is 0 Å². The summed E-state index contributed by atoms with van der Waals surface area (Å²) in [6.45, 7) is 0. The number of Topliss-reactive ketones (excluding diaryl/α,β-unsaturated/α-hetero) is 1. The molecule has 1 saturated carbocycles. The third-order valence-corrected chi connectivity index (χ3v) is 8.13. The van der Waals surface area contributed by atoms with Crippen molar-refractivity contribution in [1.82, 2.24) is 0 Å². The van der Waals surface area contributed by atoms with E-state index in [0.717, 1.165) is 17.6 Å². The molecule has 2 aliphatic carbocycles. The second kappa shape index (κ2) is 6.37. The third kappa shape index (κ3) is 2.78. The molecule has 3 aliphatic rings. The van der Waals surface area contributed by atoms with Gasteiger partial charge in [-0.15, -0.1) is 0 Å². The first-order chi connectivity index (χ1) is 12.3. The molecule has 0 unspecified atom stereocenters. The summed E-state index contributed by atoms with van der Waals surface area (Å²) in [6.07, 6.45) is 6.89. The van der Waals surface area contributed by atoms with Crippen molar-refractivity contribution in [2.24, 2.45) is 5.92 Å². The van der Waals surface area contributed by atoms with Crippen molar-refractivity contribution < 1.29 is 4.79 Å². The molecule has 25 heavy (non-hydrogen) atoms. The molecule has 0 radical (unpaired) electrons. The van der Waals surface area contributed by atoms with Crippen molar-refractivity contribution in [3.8, 4) is 0 Å². The van der Waals surface area contributed by atoms with Crippen LogP contribution in [0.15, 0.2) is 67.6 Å². The van der Waals surface area contributed by atoms with Crippen molar-refractivity contribution in [2.75, 3.05) is 0 Å². The Balaban J connectivity index is 1.55. The zero-order chi connectivity index (χ0) is 16.8. The molecule has 0 bridgehead atoms. The van der Waals surface area contributed by atoms with Crippen LogP contribution in [-0.4, -0.2) is 5.78 Å². The Morgan fingerprint density at radius 1 is 0.800 bits per heavy atom. The molecule has 0 spiro atoms. The molecule has 126 valence electrons. The monoisotopic (exact) mass is 364 g/mol. The molecule has 0 amide bonds. The smallest absolute Gasteiger partial charge is 0.163 e. The van der Waals surface area contributed by atoms with Gasteiger partial charge in [-0.25, -0.2) is 0 Å². The van der Waals surface area contributed by atoms with Crippen molar-refractivity contribution in [1.29, 1.82) is 0 Å². The molecular weight excluding hydrogens is 344 g/mol. The number of ketones is 1. The van der Waals surface area contributed by atoms with Crippen LogP contribution in [0.25, 0.3) is 5.57 Å². The minimum atomic E-state index is 0.357. The van der Waals surface area contributed by atoms with Gasteiger partial charge in [-0.05, 0) is 55.0 Å². The molecule has 1 aliphatic heterocycles. The van der Waals surface area contributed by atoms with Crippen LogP contribution in [0.4, 0.5) is 0 Å². The molecule has 2 aromatic rings. The number of benzene rings is 2. The van der Waals surface area contributed by atoms with E-state index >= 15 is 0 Å². The van der Waals surface area contributed by atoms with Crippen LogP contribution in [0.3, 0.4) is 0 Å². The summed E-state index contributed by atoms with van der Waals surface area (Å²) in [7, 11) is 0. The maximum absolute atomic E-state index is 12.6. The van der Waals surface area contributed by atoms with E-state index in [0.29, 0.717) is 18.1 Å². The minimum absolute atomic E-state index is 0.357. The topological polar surface area (TPSA) is 17.1 Å². The lowest BCUT2D eigenvalue weighted by molar-refractivity contribution is -0.113. The first kappa shape index (κ1) is 15.8. The lowest BCUT2D eigenvalue weighted by Gasteiger charge is -2.20. The van der Waals surface area contributed by atoms with Crippen molar-refractivity contribution in [3.05, 3.63) is 53.6 Å². The molecular formula is C22H20OS2. The van der Waals surface area contributed by atoms with E-state index in [1.165, 1.54) is 50.8 Å². The summed E-state index contributed by atoms with van der Waals surface area (Å²) in [4.78, 5) is 17.9. The number of carbonyl (C=O) groups excluding carboxylic acids is 1.